The summed E-state index contributed by atoms with van der Waals surface area (Å²) in [6.45, 7) is 1.55. The maximum Gasteiger partial charge on any atom is 0.308 e. The second-order valence-electron chi connectivity index (χ2n) is 7.20. The van der Waals surface area contributed by atoms with Crippen LogP contribution in [-0.2, 0) is 20.8 Å². The van der Waals surface area contributed by atoms with E-state index in [-0.39, 0.29) is 30.1 Å². The Kier molecular flexibility index (Phi) is 6.07. The number of imide groups is 1. The zero-order chi connectivity index (χ0) is 21.0. The van der Waals surface area contributed by atoms with Gasteiger partial charge in [0.15, 0.2) is 0 Å². The van der Waals surface area contributed by atoms with Gasteiger partial charge in [-0.3, -0.25) is 24.5 Å². The van der Waals surface area contributed by atoms with E-state index < -0.39 is 17.9 Å². The van der Waals surface area contributed by atoms with Gasteiger partial charge in [0.2, 0.25) is 11.8 Å². The van der Waals surface area contributed by atoms with Crippen LogP contribution in [0.25, 0.3) is 0 Å². The second-order valence-corrected chi connectivity index (χ2v) is 7.20. The lowest BCUT2D eigenvalue weighted by molar-refractivity contribution is -0.142. The minimum Gasteiger partial charge on any atom is -0.481 e. The van der Waals surface area contributed by atoms with E-state index in [1.54, 1.807) is 55.5 Å². The van der Waals surface area contributed by atoms with Crippen LogP contribution >= 0.6 is 0 Å². The number of rotatable bonds is 7. The van der Waals surface area contributed by atoms with Crippen molar-refractivity contribution in [3.8, 4) is 0 Å². The average Bonchev–Trinajstić information content (AvgIpc) is 3.03. The summed E-state index contributed by atoms with van der Waals surface area (Å²) in [5, 5.41) is 14.5. The number of hydrogen-bond donors (Lipinski definition) is 3. The van der Waals surface area contributed by atoms with Gasteiger partial charge in [0.25, 0.3) is 5.91 Å². The topological polar surface area (TPSA) is 113 Å². The fraction of sp³-hybridized carbons (Fsp3) is 0.273. The molecule has 2 aromatic carbocycles. The van der Waals surface area contributed by atoms with Gasteiger partial charge in [-0.05, 0) is 36.6 Å². The molecule has 3 unspecified atom stereocenters. The highest BCUT2D eigenvalue weighted by Crippen LogP contribution is 2.23. The van der Waals surface area contributed by atoms with Crippen molar-refractivity contribution in [1.29, 1.82) is 0 Å². The molecule has 0 bridgehead atoms. The largest absolute Gasteiger partial charge is 0.481 e. The summed E-state index contributed by atoms with van der Waals surface area (Å²) in [5.41, 5.74) is 1.94. The summed E-state index contributed by atoms with van der Waals surface area (Å²) < 4.78 is 0. The van der Waals surface area contributed by atoms with Gasteiger partial charge in [-0.2, -0.15) is 0 Å². The first-order valence-electron chi connectivity index (χ1n) is 9.36. The molecule has 0 aromatic heterocycles. The molecule has 1 aliphatic heterocycles. The quantitative estimate of drug-likeness (QED) is 0.623. The highest BCUT2D eigenvalue weighted by molar-refractivity contribution is 6.03. The van der Waals surface area contributed by atoms with Crippen LogP contribution in [0.15, 0.2) is 54.6 Å². The van der Waals surface area contributed by atoms with Gasteiger partial charge in [-0.1, -0.05) is 42.5 Å². The normalized spacial score (nSPS) is 18.0. The van der Waals surface area contributed by atoms with Crippen LogP contribution in [0.1, 0.15) is 40.9 Å². The Hall–Kier alpha value is -3.48. The first-order valence-corrected chi connectivity index (χ1v) is 9.36. The molecule has 1 aliphatic rings. The molecule has 7 heteroatoms. The third-order valence-electron chi connectivity index (χ3n) is 5.10. The summed E-state index contributed by atoms with van der Waals surface area (Å²) in [7, 11) is 0. The monoisotopic (exact) mass is 394 g/mol. The first-order chi connectivity index (χ1) is 13.8. The van der Waals surface area contributed by atoms with Crippen LogP contribution in [0.2, 0.25) is 0 Å². The lowest BCUT2D eigenvalue weighted by atomic mass is 9.94. The van der Waals surface area contributed by atoms with Crippen molar-refractivity contribution >= 4 is 23.7 Å². The molecule has 3 amide bonds. The van der Waals surface area contributed by atoms with Crippen molar-refractivity contribution in [1.82, 2.24) is 10.6 Å². The van der Waals surface area contributed by atoms with Crippen LogP contribution in [0.4, 0.5) is 0 Å². The van der Waals surface area contributed by atoms with E-state index in [0.717, 1.165) is 5.56 Å². The summed E-state index contributed by atoms with van der Waals surface area (Å²) in [4.78, 5) is 47.2. The maximum atomic E-state index is 12.7. The molecule has 7 nitrogen and oxygen atoms in total. The maximum absolute atomic E-state index is 12.7. The van der Waals surface area contributed by atoms with Crippen LogP contribution < -0.4 is 10.6 Å². The summed E-state index contributed by atoms with van der Waals surface area (Å²) in [5.74, 6) is -3.12. The highest BCUT2D eigenvalue weighted by Gasteiger charge is 2.30. The third-order valence-corrected chi connectivity index (χ3v) is 5.10. The van der Waals surface area contributed by atoms with Crippen molar-refractivity contribution in [2.24, 2.45) is 11.8 Å². The molecule has 2 aromatic rings. The second kappa shape index (κ2) is 8.68. The molecule has 1 heterocycles. The standard InChI is InChI=1S/C22H22N2O5/c1-13(22(28)29)19(15-5-3-2-4-6-15)24-20(26)16-9-7-14(8-10-16)11-17-12-18(25)23-21(17)27/h2-10,13,17,19H,11-12H2,1H3,(H,24,26)(H,28,29)(H,23,25,27). The fourth-order valence-electron chi connectivity index (χ4n) is 3.37. The lowest BCUT2D eigenvalue weighted by Gasteiger charge is -2.23. The van der Waals surface area contributed by atoms with Crippen LogP contribution in [0.5, 0.6) is 0 Å². The summed E-state index contributed by atoms with van der Waals surface area (Å²) in [6.07, 6.45) is 0.592. The fourth-order valence-corrected chi connectivity index (χ4v) is 3.37. The van der Waals surface area contributed by atoms with Crippen LogP contribution in [0, 0.1) is 11.8 Å². The Morgan fingerprint density at radius 3 is 2.31 bits per heavy atom. The molecule has 3 rings (SSSR count). The van der Waals surface area contributed by atoms with E-state index >= 15 is 0 Å². The number of carboxylic acids is 1. The summed E-state index contributed by atoms with van der Waals surface area (Å²) >= 11 is 0. The molecule has 1 saturated heterocycles. The van der Waals surface area contributed by atoms with Crippen molar-refractivity contribution in [2.75, 3.05) is 0 Å². The Morgan fingerprint density at radius 1 is 1.10 bits per heavy atom. The number of benzene rings is 2. The Bertz CT molecular complexity index is 924. The van der Waals surface area contributed by atoms with Gasteiger partial charge in [-0.15, -0.1) is 0 Å². The minimum atomic E-state index is -1.00. The third kappa shape index (κ3) is 4.87. The molecule has 0 saturated carbocycles. The first kappa shape index (κ1) is 20.3. The number of carbonyl (C=O) groups excluding carboxylic acids is 3. The number of amides is 3. The lowest BCUT2D eigenvalue weighted by Crippen LogP contribution is -2.35. The van der Waals surface area contributed by atoms with Crippen LogP contribution in [0.3, 0.4) is 0 Å². The van der Waals surface area contributed by atoms with Gasteiger partial charge in [-0.25, -0.2) is 0 Å². The van der Waals surface area contributed by atoms with E-state index in [0.29, 0.717) is 17.5 Å². The number of aliphatic carboxylic acids is 1. The van der Waals surface area contributed by atoms with Gasteiger partial charge in [0.05, 0.1) is 17.9 Å². The number of carboxylic acid groups (broad SMARTS) is 1. The Balaban J connectivity index is 1.71. The molecule has 1 fully saturated rings. The van der Waals surface area contributed by atoms with Gasteiger partial charge >= 0.3 is 5.97 Å². The predicted octanol–water partition coefficient (Wildman–Crippen LogP) is 2.08. The summed E-state index contributed by atoms with van der Waals surface area (Å²) in [6, 6.07) is 15.0. The van der Waals surface area contributed by atoms with E-state index in [9.17, 15) is 24.3 Å². The van der Waals surface area contributed by atoms with Gasteiger partial charge in [0.1, 0.15) is 0 Å². The average molecular weight is 394 g/mol. The molecule has 150 valence electrons. The predicted molar refractivity (Wildman–Crippen MR) is 105 cm³/mol. The van der Waals surface area contributed by atoms with Crippen LogP contribution in [-0.4, -0.2) is 28.8 Å². The van der Waals surface area contributed by atoms with Crippen molar-refractivity contribution in [3.63, 3.8) is 0 Å². The smallest absolute Gasteiger partial charge is 0.308 e. The molecule has 0 spiro atoms. The van der Waals surface area contributed by atoms with Gasteiger partial charge in [0, 0.05) is 12.0 Å². The van der Waals surface area contributed by atoms with E-state index in [1.807, 2.05) is 6.07 Å². The van der Waals surface area contributed by atoms with E-state index in [1.165, 1.54) is 0 Å². The number of carbonyl (C=O) groups is 4. The van der Waals surface area contributed by atoms with Crippen molar-refractivity contribution in [2.45, 2.75) is 25.8 Å². The molecular weight excluding hydrogens is 372 g/mol. The SMILES string of the molecule is CC(C(=O)O)C(NC(=O)c1ccc(CC2CC(=O)NC2=O)cc1)c1ccccc1. The minimum absolute atomic E-state index is 0.174. The molecule has 0 aliphatic carbocycles. The molecule has 3 N–H and O–H groups in total. The number of hydrogen-bond acceptors (Lipinski definition) is 4. The van der Waals surface area contributed by atoms with Gasteiger partial charge < -0.3 is 10.4 Å². The van der Waals surface area contributed by atoms with E-state index in [4.69, 9.17) is 0 Å². The number of nitrogens with one attached hydrogen (secondary N) is 2. The highest BCUT2D eigenvalue weighted by atomic mass is 16.4. The van der Waals surface area contributed by atoms with Crippen molar-refractivity contribution < 1.29 is 24.3 Å². The molecule has 29 heavy (non-hydrogen) atoms. The molecule has 3 atom stereocenters. The molecule has 0 radical (unpaired) electrons. The van der Waals surface area contributed by atoms with E-state index in [2.05, 4.69) is 10.6 Å². The Labute approximate surface area is 168 Å². The zero-order valence-corrected chi connectivity index (χ0v) is 15.9. The Morgan fingerprint density at radius 2 is 1.76 bits per heavy atom. The zero-order valence-electron chi connectivity index (χ0n) is 15.9. The van der Waals surface area contributed by atoms with Crippen molar-refractivity contribution in [3.05, 3.63) is 71.3 Å². The molecular formula is C22H22N2O5.